The Labute approximate surface area is 123 Å². The van der Waals surface area contributed by atoms with Gasteiger partial charge in [0.15, 0.2) is 0 Å². The van der Waals surface area contributed by atoms with Gasteiger partial charge in [0.1, 0.15) is 11.2 Å². The van der Waals surface area contributed by atoms with Crippen molar-refractivity contribution >= 4 is 23.8 Å². The summed E-state index contributed by atoms with van der Waals surface area (Å²) in [5.41, 5.74) is 3.18. The number of allylic oxidation sites excluding steroid dienone is 4. The van der Waals surface area contributed by atoms with E-state index in [0.717, 1.165) is 34.0 Å². The van der Waals surface area contributed by atoms with Gasteiger partial charge in [-0.3, -0.25) is 0 Å². The Balaban J connectivity index is 0.000000829. The predicted molar refractivity (Wildman–Crippen MR) is 92.8 cm³/mol. The zero-order valence-corrected chi connectivity index (χ0v) is 13.8. The first-order chi connectivity index (χ1) is 9.77. The van der Waals surface area contributed by atoms with E-state index >= 15 is 0 Å². The smallest absolute Gasteiger partial charge is 0.137 e. The van der Waals surface area contributed by atoms with Crippen molar-refractivity contribution in [2.75, 3.05) is 0 Å². The summed E-state index contributed by atoms with van der Waals surface area (Å²) in [5, 5.41) is 1.16. The summed E-state index contributed by atoms with van der Waals surface area (Å²) >= 11 is 0. The molecule has 0 saturated carbocycles. The van der Waals surface area contributed by atoms with Crippen LogP contribution >= 0.6 is 0 Å². The molecule has 1 aromatic heterocycles. The quantitative estimate of drug-likeness (QED) is 0.745. The molecule has 0 atom stereocenters. The summed E-state index contributed by atoms with van der Waals surface area (Å²) in [6.07, 6.45) is 13.2. The molecule has 0 spiro atoms. The van der Waals surface area contributed by atoms with Crippen LogP contribution in [0.25, 0.3) is 23.8 Å². The van der Waals surface area contributed by atoms with Gasteiger partial charge in [-0.2, -0.15) is 0 Å². The van der Waals surface area contributed by atoms with Crippen molar-refractivity contribution in [2.24, 2.45) is 0 Å². The Morgan fingerprint density at radius 1 is 1.25 bits per heavy atom. The lowest BCUT2D eigenvalue weighted by Gasteiger charge is -1.96. The fraction of sp³-hybridized carbons (Fsp3) is 0.368. The van der Waals surface area contributed by atoms with Gasteiger partial charge in [-0.15, -0.1) is 0 Å². The maximum Gasteiger partial charge on any atom is 0.137 e. The van der Waals surface area contributed by atoms with Gasteiger partial charge in [0.25, 0.3) is 0 Å². The van der Waals surface area contributed by atoms with Crippen molar-refractivity contribution in [3.63, 3.8) is 0 Å². The van der Waals surface area contributed by atoms with E-state index in [0.29, 0.717) is 0 Å². The summed E-state index contributed by atoms with van der Waals surface area (Å²) in [6.45, 7) is 16.0. The molecule has 20 heavy (non-hydrogen) atoms. The first kappa shape index (κ1) is 18.2. The molecule has 110 valence electrons. The average Bonchev–Trinajstić information content (AvgIpc) is 2.71. The summed E-state index contributed by atoms with van der Waals surface area (Å²) in [7, 11) is 0. The highest BCUT2D eigenvalue weighted by Gasteiger charge is 2.09. The predicted octanol–water partition coefficient (Wildman–Crippen LogP) is 4.92. The molecule has 0 N–H and O–H groups in total. The first-order valence-electron chi connectivity index (χ1n) is 7.53. The second-order valence-corrected chi connectivity index (χ2v) is 3.83. The van der Waals surface area contributed by atoms with Crippen molar-refractivity contribution in [1.82, 2.24) is 0 Å². The fourth-order valence-electron chi connectivity index (χ4n) is 1.86. The Morgan fingerprint density at radius 2 is 1.90 bits per heavy atom. The minimum absolute atomic E-state index is 0.930. The van der Waals surface area contributed by atoms with Crippen LogP contribution in [0.3, 0.4) is 0 Å². The maximum absolute atomic E-state index is 5.88. The zero-order chi connectivity index (χ0) is 15.5. The molecule has 1 nitrogen and oxygen atoms in total. The third-order valence-corrected chi connectivity index (χ3v) is 2.85. The molecule has 0 amide bonds. The van der Waals surface area contributed by atoms with Crippen molar-refractivity contribution in [1.29, 1.82) is 0 Å². The highest BCUT2D eigenvalue weighted by molar-refractivity contribution is 5.70. The first-order valence-corrected chi connectivity index (χ1v) is 7.53. The molecule has 0 saturated heterocycles. The van der Waals surface area contributed by atoms with Crippen LogP contribution in [-0.2, 0) is 0 Å². The summed E-state index contributed by atoms with van der Waals surface area (Å²) in [4.78, 5) is 0. The maximum atomic E-state index is 5.88. The molecular formula is C19H28O. The van der Waals surface area contributed by atoms with E-state index < -0.39 is 0 Å². The molecule has 2 rings (SSSR count). The second kappa shape index (κ2) is 10.1. The highest BCUT2D eigenvalue weighted by Crippen LogP contribution is 2.16. The third kappa shape index (κ3) is 4.12. The third-order valence-electron chi connectivity index (χ3n) is 2.85. The van der Waals surface area contributed by atoms with Gasteiger partial charge in [0, 0.05) is 10.8 Å². The van der Waals surface area contributed by atoms with Crippen LogP contribution in [-0.4, -0.2) is 0 Å². The Hall–Kier alpha value is -1.76. The van der Waals surface area contributed by atoms with E-state index in [1.807, 2.05) is 52.8 Å². The van der Waals surface area contributed by atoms with E-state index in [9.17, 15) is 0 Å². The minimum atomic E-state index is 0.930. The van der Waals surface area contributed by atoms with Gasteiger partial charge in [0.05, 0.1) is 0 Å². The monoisotopic (exact) mass is 272 g/mol. The number of hydrogen-bond donors (Lipinski definition) is 0. The Kier molecular flexibility index (Phi) is 9.19. The molecular weight excluding hydrogens is 244 g/mol. The van der Waals surface area contributed by atoms with Crippen molar-refractivity contribution in [2.45, 2.75) is 48.0 Å². The Bertz CT molecular complexity index is 580. The van der Waals surface area contributed by atoms with Gasteiger partial charge in [-0.25, -0.2) is 0 Å². The summed E-state index contributed by atoms with van der Waals surface area (Å²) in [6, 6.07) is 0. The molecule has 1 heterocycles. The lowest BCUT2D eigenvalue weighted by Crippen LogP contribution is -2.20. The van der Waals surface area contributed by atoms with E-state index in [4.69, 9.17) is 4.42 Å². The molecule has 0 aromatic carbocycles. The standard InChI is InChI=1S/C15H16O.2C2H6/c1-4-11(3)15-12(5-2)13-9-7-6-8-10-14(13)16-15;2*1-2/h4-6,8-10H,2,7H2,1,3H3;2*1-2H3/b11-4-;;. The van der Waals surface area contributed by atoms with Gasteiger partial charge < -0.3 is 4.42 Å². The molecule has 0 aliphatic heterocycles. The fourth-order valence-corrected chi connectivity index (χ4v) is 1.86. The SMILES string of the molecule is C=Cc1c(/C(C)=C\C)oc2c1=CCC=CC=2.CC.CC. The lowest BCUT2D eigenvalue weighted by atomic mass is 10.1. The zero-order valence-electron chi connectivity index (χ0n) is 13.8. The van der Waals surface area contributed by atoms with Crippen LogP contribution in [0.5, 0.6) is 0 Å². The largest absolute Gasteiger partial charge is 0.456 e. The number of rotatable bonds is 2. The minimum Gasteiger partial charge on any atom is -0.456 e. The Morgan fingerprint density at radius 3 is 2.45 bits per heavy atom. The van der Waals surface area contributed by atoms with Crippen LogP contribution in [0, 0.1) is 0 Å². The van der Waals surface area contributed by atoms with Gasteiger partial charge in [-0.05, 0) is 31.9 Å². The molecule has 1 aliphatic rings. The normalized spacial score (nSPS) is 12.4. The molecule has 1 heteroatoms. The van der Waals surface area contributed by atoms with Crippen molar-refractivity contribution in [3.8, 4) is 0 Å². The van der Waals surface area contributed by atoms with Crippen molar-refractivity contribution < 1.29 is 4.42 Å². The number of fused-ring (bicyclic) bond motifs is 1. The molecule has 0 fully saturated rings. The van der Waals surface area contributed by atoms with Crippen LogP contribution in [0.2, 0.25) is 0 Å². The van der Waals surface area contributed by atoms with Crippen LogP contribution in [0.4, 0.5) is 0 Å². The molecule has 1 aliphatic carbocycles. The second-order valence-electron chi connectivity index (χ2n) is 3.83. The van der Waals surface area contributed by atoms with Crippen LogP contribution in [0.1, 0.15) is 59.3 Å². The van der Waals surface area contributed by atoms with Crippen molar-refractivity contribution in [3.05, 3.63) is 46.8 Å². The lowest BCUT2D eigenvalue weighted by molar-refractivity contribution is 0.518. The van der Waals surface area contributed by atoms with Gasteiger partial charge >= 0.3 is 0 Å². The molecule has 1 aromatic rings. The number of hydrogen-bond acceptors (Lipinski definition) is 1. The summed E-state index contributed by atoms with van der Waals surface area (Å²) < 4.78 is 5.88. The highest BCUT2D eigenvalue weighted by atomic mass is 16.3. The van der Waals surface area contributed by atoms with E-state index in [-0.39, 0.29) is 0 Å². The van der Waals surface area contributed by atoms with Crippen LogP contribution < -0.4 is 10.6 Å². The van der Waals surface area contributed by atoms with E-state index in [1.165, 1.54) is 0 Å². The van der Waals surface area contributed by atoms with Gasteiger partial charge in [-0.1, -0.05) is 64.7 Å². The van der Waals surface area contributed by atoms with Crippen LogP contribution in [0.15, 0.2) is 29.2 Å². The molecule has 0 unspecified atom stereocenters. The average molecular weight is 272 g/mol. The molecule has 0 radical (unpaired) electrons. The topological polar surface area (TPSA) is 13.1 Å². The number of furan rings is 1. The van der Waals surface area contributed by atoms with Gasteiger partial charge in [0.2, 0.25) is 0 Å². The van der Waals surface area contributed by atoms with E-state index in [1.54, 1.807) is 0 Å². The molecule has 0 bridgehead atoms. The van der Waals surface area contributed by atoms with E-state index in [2.05, 4.69) is 31.7 Å². The summed E-state index contributed by atoms with van der Waals surface area (Å²) in [5.74, 6) is 0.935.